The summed E-state index contributed by atoms with van der Waals surface area (Å²) in [6.45, 7) is 4.64. The minimum atomic E-state index is 0.230. The zero-order chi connectivity index (χ0) is 18.6. The van der Waals surface area contributed by atoms with Crippen molar-refractivity contribution in [3.63, 3.8) is 0 Å². The van der Waals surface area contributed by atoms with E-state index in [4.69, 9.17) is 20.8 Å². The molecule has 4 rings (SSSR count). The summed E-state index contributed by atoms with van der Waals surface area (Å²) in [5, 5.41) is 8.82. The number of benzene rings is 2. The van der Waals surface area contributed by atoms with Crippen molar-refractivity contribution in [1.82, 2.24) is 10.2 Å². The van der Waals surface area contributed by atoms with Crippen LogP contribution < -0.4 is 9.64 Å². The molecule has 1 aliphatic rings. The third-order valence-electron chi connectivity index (χ3n) is 4.75. The van der Waals surface area contributed by atoms with Crippen LogP contribution in [0.25, 0.3) is 11.5 Å². The molecule has 2 aromatic carbocycles. The molecule has 6 heteroatoms. The highest BCUT2D eigenvalue weighted by atomic mass is 35.5. The fraction of sp³-hybridized carbons (Fsp3) is 0.333. The van der Waals surface area contributed by atoms with Crippen molar-refractivity contribution in [1.29, 1.82) is 0 Å². The highest BCUT2D eigenvalue weighted by molar-refractivity contribution is 6.30. The molecular formula is C21H22ClN3O2. The maximum absolute atomic E-state index is 6.02. The van der Waals surface area contributed by atoms with Gasteiger partial charge in [-0.2, -0.15) is 0 Å². The number of nitrogens with zero attached hydrogens (tertiary/aromatic N) is 3. The number of hydrogen-bond acceptors (Lipinski definition) is 5. The van der Waals surface area contributed by atoms with E-state index in [9.17, 15) is 0 Å². The molecule has 0 aliphatic carbocycles. The zero-order valence-electron chi connectivity index (χ0n) is 15.3. The standard InChI is InChI=1S/C21H22ClN3O2/c1-15-6-5-11-25(13-15)18-9-2-3-10-19(18)26-14-20-23-24-21(27-20)16-7-4-8-17(22)12-16/h2-4,7-10,12,15H,5-6,11,13-14H2,1H3. The van der Waals surface area contributed by atoms with Gasteiger partial charge in [-0.15, -0.1) is 10.2 Å². The smallest absolute Gasteiger partial charge is 0.254 e. The normalized spacial score (nSPS) is 17.1. The summed E-state index contributed by atoms with van der Waals surface area (Å²) in [6.07, 6.45) is 2.50. The minimum Gasteiger partial charge on any atom is -0.482 e. The van der Waals surface area contributed by atoms with Crippen molar-refractivity contribution in [2.24, 2.45) is 5.92 Å². The van der Waals surface area contributed by atoms with Gasteiger partial charge in [0.25, 0.3) is 5.89 Å². The Hall–Kier alpha value is -2.53. The van der Waals surface area contributed by atoms with Crippen LogP contribution in [-0.4, -0.2) is 23.3 Å². The molecule has 0 saturated carbocycles. The molecule has 0 N–H and O–H groups in total. The van der Waals surface area contributed by atoms with E-state index >= 15 is 0 Å². The van der Waals surface area contributed by atoms with Crippen LogP contribution in [0.1, 0.15) is 25.7 Å². The number of halogens is 1. The molecule has 1 aliphatic heterocycles. The number of para-hydroxylation sites is 2. The zero-order valence-corrected chi connectivity index (χ0v) is 16.0. The first kappa shape index (κ1) is 17.9. The molecule has 5 nitrogen and oxygen atoms in total. The van der Waals surface area contributed by atoms with Crippen molar-refractivity contribution < 1.29 is 9.15 Å². The lowest BCUT2D eigenvalue weighted by Crippen LogP contribution is -2.34. The number of ether oxygens (including phenoxy) is 1. The van der Waals surface area contributed by atoms with Gasteiger partial charge < -0.3 is 14.1 Å². The van der Waals surface area contributed by atoms with Crippen molar-refractivity contribution in [2.75, 3.05) is 18.0 Å². The van der Waals surface area contributed by atoms with Crippen LogP contribution in [0, 0.1) is 5.92 Å². The van der Waals surface area contributed by atoms with Crippen LogP contribution in [-0.2, 0) is 6.61 Å². The molecule has 140 valence electrons. The predicted octanol–water partition coefficient (Wildman–Crippen LogP) is 5.21. The Kier molecular flexibility index (Phi) is 5.30. The summed E-state index contributed by atoms with van der Waals surface area (Å²) in [4.78, 5) is 2.40. The van der Waals surface area contributed by atoms with Gasteiger partial charge in [-0.05, 0) is 49.1 Å². The van der Waals surface area contributed by atoms with Crippen molar-refractivity contribution in [2.45, 2.75) is 26.4 Å². The van der Waals surface area contributed by atoms with Gasteiger partial charge in [-0.25, -0.2) is 0 Å². The van der Waals surface area contributed by atoms with Crippen LogP contribution in [0.15, 0.2) is 52.9 Å². The van der Waals surface area contributed by atoms with Crippen LogP contribution in [0.2, 0.25) is 5.02 Å². The molecule has 0 amide bonds. The van der Waals surface area contributed by atoms with Gasteiger partial charge in [0.05, 0.1) is 5.69 Å². The van der Waals surface area contributed by atoms with Gasteiger partial charge in [0, 0.05) is 23.7 Å². The Labute approximate surface area is 163 Å². The summed E-state index contributed by atoms with van der Waals surface area (Å²) in [6, 6.07) is 15.5. The second-order valence-corrected chi connectivity index (χ2v) is 7.40. The van der Waals surface area contributed by atoms with Gasteiger partial charge in [-0.3, -0.25) is 0 Å². The lowest BCUT2D eigenvalue weighted by molar-refractivity contribution is 0.264. The SMILES string of the molecule is CC1CCCN(c2ccccc2OCc2nnc(-c3cccc(Cl)c3)o2)C1. The third-order valence-corrected chi connectivity index (χ3v) is 4.99. The minimum absolute atomic E-state index is 0.230. The van der Waals surface area contributed by atoms with Crippen LogP contribution in [0.5, 0.6) is 5.75 Å². The Morgan fingerprint density at radius 3 is 2.93 bits per heavy atom. The van der Waals surface area contributed by atoms with E-state index in [0.29, 0.717) is 22.7 Å². The van der Waals surface area contributed by atoms with E-state index in [1.165, 1.54) is 12.8 Å². The maximum atomic E-state index is 6.02. The van der Waals surface area contributed by atoms with Crippen LogP contribution in [0.4, 0.5) is 5.69 Å². The van der Waals surface area contributed by atoms with Gasteiger partial charge in [0.15, 0.2) is 6.61 Å². The largest absolute Gasteiger partial charge is 0.482 e. The van der Waals surface area contributed by atoms with Crippen molar-refractivity contribution in [3.8, 4) is 17.2 Å². The van der Waals surface area contributed by atoms with Crippen molar-refractivity contribution in [3.05, 3.63) is 59.4 Å². The van der Waals surface area contributed by atoms with E-state index in [2.05, 4.69) is 28.1 Å². The quantitative estimate of drug-likeness (QED) is 0.605. The Morgan fingerprint density at radius 2 is 2.07 bits per heavy atom. The topological polar surface area (TPSA) is 51.4 Å². The highest BCUT2D eigenvalue weighted by Crippen LogP contribution is 2.32. The summed E-state index contributed by atoms with van der Waals surface area (Å²) in [5.74, 6) is 2.41. The summed E-state index contributed by atoms with van der Waals surface area (Å²) in [5.41, 5.74) is 1.92. The monoisotopic (exact) mass is 383 g/mol. The van der Waals surface area contributed by atoms with E-state index in [-0.39, 0.29) is 6.61 Å². The first-order chi connectivity index (χ1) is 13.2. The molecule has 1 fully saturated rings. The van der Waals surface area contributed by atoms with E-state index in [0.717, 1.165) is 30.1 Å². The van der Waals surface area contributed by atoms with Crippen molar-refractivity contribution >= 4 is 17.3 Å². The fourth-order valence-electron chi connectivity index (χ4n) is 3.44. The predicted molar refractivity (Wildman–Crippen MR) is 106 cm³/mol. The molecule has 1 unspecified atom stereocenters. The first-order valence-corrected chi connectivity index (χ1v) is 9.62. The molecule has 27 heavy (non-hydrogen) atoms. The molecule has 0 radical (unpaired) electrons. The third kappa shape index (κ3) is 4.25. The van der Waals surface area contributed by atoms with Gasteiger partial charge in [0.2, 0.25) is 5.89 Å². The molecule has 0 spiro atoms. The second kappa shape index (κ2) is 8.01. The van der Waals surface area contributed by atoms with Gasteiger partial charge in [-0.1, -0.05) is 36.7 Å². The highest BCUT2D eigenvalue weighted by Gasteiger charge is 2.19. The molecule has 1 atom stereocenters. The average molecular weight is 384 g/mol. The summed E-state index contributed by atoms with van der Waals surface area (Å²) >= 11 is 6.02. The summed E-state index contributed by atoms with van der Waals surface area (Å²) in [7, 11) is 0. The molecule has 1 saturated heterocycles. The average Bonchev–Trinajstić information content (AvgIpc) is 3.16. The number of hydrogen-bond donors (Lipinski definition) is 0. The molecular weight excluding hydrogens is 362 g/mol. The molecule has 0 bridgehead atoms. The molecule has 2 heterocycles. The van der Waals surface area contributed by atoms with Crippen LogP contribution in [0.3, 0.4) is 0 Å². The molecule has 3 aromatic rings. The summed E-state index contributed by atoms with van der Waals surface area (Å²) < 4.78 is 11.7. The van der Waals surface area contributed by atoms with Gasteiger partial charge in [0.1, 0.15) is 5.75 Å². The number of aromatic nitrogens is 2. The van der Waals surface area contributed by atoms with E-state index < -0.39 is 0 Å². The number of piperidine rings is 1. The first-order valence-electron chi connectivity index (χ1n) is 9.24. The Morgan fingerprint density at radius 1 is 1.19 bits per heavy atom. The number of anilines is 1. The Balaban J connectivity index is 1.47. The lowest BCUT2D eigenvalue weighted by atomic mass is 9.99. The second-order valence-electron chi connectivity index (χ2n) is 6.96. The van der Waals surface area contributed by atoms with Crippen LogP contribution >= 0.6 is 11.6 Å². The molecule has 1 aromatic heterocycles. The lowest BCUT2D eigenvalue weighted by Gasteiger charge is -2.33. The fourth-order valence-corrected chi connectivity index (χ4v) is 3.63. The van der Waals surface area contributed by atoms with E-state index in [1.807, 2.05) is 36.4 Å². The Bertz CT molecular complexity index is 912. The number of rotatable bonds is 5. The van der Waals surface area contributed by atoms with Gasteiger partial charge >= 0.3 is 0 Å². The van der Waals surface area contributed by atoms with E-state index in [1.54, 1.807) is 6.07 Å². The maximum Gasteiger partial charge on any atom is 0.254 e.